The van der Waals surface area contributed by atoms with Crippen LogP contribution < -0.4 is 11.1 Å². The molecule has 1 amide bonds. The molecule has 94 valence electrons. The maximum absolute atomic E-state index is 11.5. The second-order valence-electron chi connectivity index (χ2n) is 3.58. The van der Waals surface area contributed by atoms with Crippen molar-refractivity contribution in [1.29, 1.82) is 0 Å². The van der Waals surface area contributed by atoms with Crippen LogP contribution in [0.1, 0.15) is 30.3 Å². The van der Waals surface area contributed by atoms with Gasteiger partial charge in [0.15, 0.2) is 0 Å². The Morgan fingerprint density at radius 3 is 2.71 bits per heavy atom. The molecular formula is C9H14N4O4. The van der Waals surface area contributed by atoms with Gasteiger partial charge in [-0.25, -0.2) is 4.63 Å². The van der Waals surface area contributed by atoms with Crippen LogP contribution in [0.25, 0.3) is 0 Å². The number of aromatic nitrogens is 2. The Morgan fingerprint density at radius 1 is 1.53 bits per heavy atom. The molecule has 0 radical (unpaired) electrons. The van der Waals surface area contributed by atoms with Crippen LogP contribution in [0.3, 0.4) is 0 Å². The molecule has 0 saturated carbocycles. The number of anilines is 1. The normalized spacial score (nSPS) is 12.1. The minimum absolute atomic E-state index is 0.00330. The van der Waals surface area contributed by atoms with E-state index in [9.17, 15) is 9.59 Å². The zero-order chi connectivity index (χ0) is 12.8. The summed E-state index contributed by atoms with van der Waals surface area (Å²) < 4.78 is 4.28. The van der Waals surface area contributed by atoms with Crippen LogP contribution in [-0.4, -0.2) is 33.8 Å². The number of carboxylic acids is 1. The Hall–Kier alpha value is -2.12. The van der Waals surface area contributed by atoms with Crippen LogP contribution in [0.4, 0.5) is 5.82 Å². The monoisotopic (exact) mass is 242 g/mol. The van der Waals surface area contributed by atoms with E-state index in [2.05, 4.69) is 20.3 Å². The first-order valence-electron chi connectivity index (χ1n) is 5.12. The number of carboxylic acid groups (broad SMARTS) is 1. The lowest BCUT2D eigenvalue weighted by atomic mass is 10.0. The first kappa shape index (κ1) is 12.9. The highest BCUT2D eigenvalue weighted by Crippen LogP contribution is 2.08. The Kier molecular flexibility index (Phi) is 4.44. The molecule has 17 heavy (non-hydrogen) atoms. The quantitative estimate of drug-likeness (QED) is 0.633. The van der Waals surface area contributed by atoms with Gasteiger partial charge in [0.2, 0.25) is 11.5 Å². The van der Waals surface area contributed by atoms with Gasteiger partial charge in [-0.15, -0.1) is 0 Å². The fraction of sp³-hybridized carbons (Fsp3) is 0.556. The number of nitrogens with one attached hydrogen (secondary N) is 1. The fourth-order valence-electron chi connectivity index (χ4n) is 1.28. The molecular weight excluding hydrogens is 228 g/mol. The number of nitrogens with two attached hydrogens (primary N) is 1. The first-order valence-corrected chi connectivity index (χ1v) is 5.12. The number of nitrogens with zero attached hydrogens (tertiary/aromatic N) is 2. The maximum atomic E-state index is 11.5. The smallest absolute Gasteiger partial charge is 0.303 e. The van der Waals surface area contributed by atoms with Crippen molar-refractivity contribution in [3.05, 3.63) is 5.69 Å². The predicted octanol–water partition coefficient (Wildman–Crippen LogP) is -0.117. The van der Waals surface area contributed by atoms with E-state index < -0.39 is 11.9 Å². The molecule has 1 atom stereocenters. The van der Waals surface area contributed by atoms with E-state index in [-0.39, 0.29) is 30.4 Å². The third kappa shape index (κ3) is 3.74. The van der Waals surface area contributed by atoms with Crippen LogP contribution >= 0.6 is 0 Å². The number of aliphatic carboxylic acids is 1. The van der Waals surface area contributed by atoms with E-state index in [0.717, 1.165) is 0 Å². The second kappa shape index (κ2) is 5.83. The van der Waals surface area contributed by atoms with Gasteiger partial charge >= 0.3 is 5.97 Å². The highest BCUT2D eigenvalue weighted by Gasteiger charge is 2.18. The summed E-state index contributed by atoms with van der Waals surface area (Å²) in [5.74, 6) is -1.63. The summed E-state index contributed by atoms with van der Waals surface area (Å²) in [4.78, 5) is 22.1. The highest BCUT2D eigenvalue weighted by molar-refractivity contribution is 5.95. The lowest BCUT2D eigenvalue weighted by Gasteiger charge is -2.12. The average molecular weight is 242 g/mol. The summed E-state index contributed by atoms with van der Waals surface area (Å²) in [5.41, 5.74) is 5.25. The van der Waals surface area contributed by atoms with Gasteiger partial charge in [0.05, 0.1) is 0 Å². The zero-order valence-corrected chi connectivity index (χ0v) is 9.34. The highest BCUT2D eigenvalue weighted by atomic mass is 16.6. The van der Waals surface area contributed by atoms with Crippen molar-refractivity contribution in [3.8, 4) is 0 Å². The van der Waals surface area contributed by atoms with Crippen molar-refractivity contribution in [2.45, 2.75) is 19.8 Å². The number of amides is 1. The molecule has 0 aromatic carbocycles. The minimum Gasteiger partial charge on any atom is -0.481 e. The number of carbonyl (C=O) groups is 2. The van der Waals surface area contributed by atoms with Gasteiger partial charge in [-0.3, -0.25) is 9.59 Å². The Bertz CT molecular complexity index is 403. The molecule has 8 heteroatoms. The number of hydrogen-bond acceptors (Lipinski definition) is 6. The predicted molar refractivity (Wildman–Crippen MR) is 57.1 cm³/mol. The summed E-state index contributed by atoms with van der Waals surface area (Å²) in [6.45, 7) is 2.10. The van der Waals surface area contributed by atoms with E-state index in [4.69, 9.17) is 10.8 Å². The number of carbonyl (C=O) groups excluding carboxylic acids is 1. The molecule has 1 heterocycles. The SMILES string of the molecule is CCC(CNC(=O)c1nonc1N)CC(=O)O. The largest absolute Gasteiger partial charge is 0.481 e. The summed E-state index contributed by atoms with van der Waals surface area (Å²) in [7, 11) is 0. The van der Waals surface area contributed by atoms with Gasteiger partial charge in [0.1, 0.15) is 0 Å². The topological polar surface area (TPSA) is 131 Å². The van der Waals surface area contributed by atoms with Crippen molar-refractivity contribution in [2.75, 3.05) is 12.3 Å². The van der Waals surface area contributed by atoms with E-state index >= 15 is 0 Å². The first-order chi connectivity index (χ1) is 8.04. The Morgan fingerprint density at radius 2 is 2.24 bits per heavy atom. The van der Waals surface area contributed by atoms with Crippen molar-refractivity contribution >= 4 is 17.7 Å². The van der Waals surface area contributed by atoms with Crippen LogP contribution in [0.2, 0.25) is 0 Å². The van der Waals surface area contributed by atoms with Crippen molar-refractivity contribution < 1.29 is 19.3 Å². The molecule has 1 aromatic rings. The van der Waals surface area contributed by atoms with Gasteiger partial charge in [-0.2, -0.15) is 0 Å². The lowest BCUT2D eigenvalue weighted by Crippen LogP contribution is -2.30. The lowest BCUT2D eigenvalue weighted by molar-refractivity contribution is -0.138. The zero-order valence-electron chi connectivity index (χ0n) is 9.34. The molecule has 4 N–H and O–H groups in total. The third-order valence-electron chi connectivity index (χ3n) is 2.32. The molecule has 8 nitrogen and oxygen atoms in total. The van der Waals surface area contributed by atoms with Crippen LogP contribution in [-0.2, 0) is 4.79 Å². The summed E-state index contributed by atoms with van der Waals surface area (Å²) in [6.07, 6.45) is 0.655. The van der Waals surface area contributed by atoms with Crippen molar-refractivity contribution in [2.24, 2.45) is 5.92 Å². The summed E-state index contributed by atoms with van der Waals surface area (Å²) >= 11 is 0. The average Bonchev–Trinajstić information content (AvgIpc) is 2.69. The van der Waals surface area contributed by atoms with Crippen LogP contribution in [0.15, 0.2) is 4.63 Å². The molecule has 0 fully saturated rings. The molecule has 0 aliphatic carbocycles. The van der Waals surface area contributed by atoms with Gasteiger partial charge < -0.3 is 16.2 Å². The van der Waals surface area contributed by atoms with E-state index in [1.165, 1.54) is 0 Å². The van der Waals surface area contributed by atoms with Crippen LogP contribution in [0, 0.1) is 5.92 Å². The standard InChI is InChI=1S/C9H14N4O4/c1-2-5(3-6(14)15)4-11-9(16)7-8(10)13-17-12-7/h5H,2-4H2,1H3,(H2,10,13)(H,11,16)(H,14,15). The fourth-order valence-corrected chi connectivity index (χ4v) is 1.28. The van der Waals surface area contributed by atoms with Gasteiger partial charge in [-0.1, -0.05) is 13.3 Å². The third-order valence-corrected chi connectivity index (χ3v) is 2.32. The second-order valence-corrected chi connectivity index (χ2v) is 3.58. The van der Waals surface area contributed by atoms with Crippen molar-refractivity contribution in [3.63, 3.8) is 0 Å². The summed E-state index contributed by atoms with van der Waals surface area (Å²) in [6, 6.07) is 0. The van der Waals surface area contributed by atoms with Gasteiger partial charge in [0, 0.05) is 13.0 Å². The van der Waals surface area contributed by atoms with Crippen LogP contribution in [0.5, 0.6) is 0 Å². The minimum atomic E-state index is -0.895. The van der Waals surface area contributed by atoms with Gasteiger partial charge in [-0.05, 0) is 16.2 Å². The Labute approximate surface area is 97.1 Å². The maximum Gasteiger partial charge on any atom is 0.303 e. The number of rotatable bonds is 6. The number of nitrogen functional groups attached to an aromatic ring is 1. The molecule has 0 spiro atoms. The molecule has 1 rings (SSSR count). The Balaban J connectivity index is 2.47. The molecule has 0 saturated heterocycles. The molecule has 1 aromatic heterocycles. The molecule has 0 aliphatic heterocycles. The summed E-state index contributed by atoms with van der Waals surface area (Å²) in [5, 5.41) is 17.8. The van der Waals surface area contributed by atoms with Crippen molar-refractivity contribution in [1.82, 2.24) is 15.6 Å². The molecule has 0 aliphatic rings. The van der Waals surface area contributed by atoms with Gasteiger partial charge in [0.25, 0.3) is 5.91 Å². The number of hydrogen-bond donors (Lipinski definition) is 3. The molecule has 0 bridgehead atoms. The van der Waals surface area contributed by atoms with E-state index in [1.807, 2.05) is 6.92 Å². The van der Waals surface area contributed by atoms with E-state index in [0.29, 0.717) is 6.42 Å². The molecule has 1 unspecified atom stereocenters. The van der Waals surface area contributed by atoms with E-state index in [1.54, 1.807) is 0 Å².